The molecule has 106 valence electrons. The average Bonchev–Trinajstić information content (AvgIpc) is 2.26. The Hall–Kier alpha value is -1.34. The Morgan fingerprint density at radius 3 is 1.58 bits per heavy atom. The Morgan fingerprint density at radius 2 is 1.11 bits per heavy atom. The fourth-order valence-electron chi connectivity index (χ4n) is 1.92. The SMILES string of the molecule is Cc1ccc2c(c1)C(F)(F)C(F)(F)C(F)(F)C2(F)F. The highest BCUT2D eigenvalue weighted by atomic mass is 19.4. The molecular formula is C11H6F8. The molecule has 0 radical (unpaired) electrons. The quantitative estimate of drug-likeness (QED) is 0.619. The van der Waals surface area contributed by atoms with Gasteiger partial charge in [0.2, 0.25) is 0 Å². The number of aryl methyl sites for hydroxylation is 1. The van der Waals surface area contributed by atoms with Crippen molar-refractivity contribution in [2.24, 2.45) is 0 Å². The molecule has 0 fully saturated rings. The molecule has 1 aromatic rings. The molecule has 0 saturated carbocycles. The first kappa shape index (κ1) is 14.1. The van der Waals surface area contributed by atoms with Crippen LogP contribution in [0.4, 0.5) is 35.1 Å². The van der Waals surface area contributed by atoms with Gasteiger partial charge in [0.25, 0.3) is 0 Å². The van der Waals surface area contributed by atoms with Crippen molar-refractivity contribution in [3.05, 3.63) is 34.9 Å². The molecule has 0 N–H and O–H groups in total. The van der Waals surface area contributed by atoms with Gasteiger partial charge in [0, 0.05) is 11.1 Å². The van der Waals surface area contributed by atoms with E-state index in [1.807, 2.05) is 0 Å². The smallest absolute Gasteiger partial charge is 0.194 e. The Kier molecular flexibility index (Phi) is 2.52. The molecule has 1 aliphatic carbocycles. The number of hydrogen-bond donors (Lipinski definition) is 0. The lowest BCUT2D eigenvalue weighted by atomic mass is 9.79. The van der Waals surface area contributed by atoms with E-state index in [4.69, 9.17) is 0 Å². The van der Waals surface area contributed by atoms with Crippen LogP contribution in [0.15, 0.2) is 18.2 Å². The number of fused-ring (bicyclic) bond motifs is 1. The number of alkyl halides is 8. The lowest BCUT2D eigenvalue weighted by Gasteiger charge is -2.42. The van der Waals surface area contributed by atoms with Crippen molar-refractivity contribution in [2.75, 3.05) is 0 Å². The number of rotatable bonds is 0. The lowest BCUT2D eigenvalue weighted by Crippen LogP contribution is -2.63. The first-order valence-corrected chi connectivity index (χ1v) is 5.00. The van der Waals surface area contributed by atoms with Crippen molar-refractivity contribution >= 4 is 0 Å². The monoisotopic (exact) mass is 290 g/mol. The van der Waals surface area contributed by atoms with Gasteiger partial charge in [-0.05, 0) is 13.0 Å². The van der Waals surface area contributed by atoms with Crippen LogP contribution in [0.1, 0.15) is 16.7 Å². The zero-order valence-corrected chi connectivity index (χ0v) is 9.26. The summed E-state index contributed by atoms with van der Waals surface area (Å²) in [5, 5.41) is 0. The summed E-state index contributed by atoms with van der Waals surface area (Å²) in [5.41, 5.74) is -3.57. The molecule has 0 bridgehead atoms. The zero-order chi connectivity index (χ0) is 14.9. The topological polar surface area (TPSA) is 0 Å². The van der Waals surface area contributed by atoms with Gasteiger partial charge in [-0.15, -0.1) is 0 Å². The minimum atomic E-state index is -6.18. The van der Waals surface area contributed by atoms with Crippen LogP contribution in [0.5, 0.6) is 0 Å². The Bertz CT molecular complexity index is 531. The summed E-state index contributed by atoms with van der Waals surface area (Å²) in [4.78, 5) is 0. The third-order valence-corrected chi connectivity index (χ3v) is 3.03. The first-order valence-electron chi connectivity index (χ1n) is 5.00. The Morgan fingerprint density at radius 1 is 0.684 bits per heavy atom. The molecule has 0 saturated heterocycles. The van der Waals surface area contributed by atoms with E-state index in [9.17, 15) is 35.1 Å². The van der Waals surface area contributed by atoms with Crippen LogP contribution < -0.4 is 0 Å². The van der Waals surface area contributed by atoms with E-state index in [2.05, 4.69) is 0 Å². The normalized spacial score (nSPS) is 25.7. The van der Waals surface area contributed by atoms with E-state index >= 15 is 0 Å². The number of hydrogen-bond acceptors (Lipinski definition) is 0. The summed E-state index contributed by atoms with van der Waals surface area (Å²) in [6.45, 7) is 1.19. The summed E-state index contributed by atoms with van der Waals surface area (Å²) in [6.07, 6.45) is 0. The van der Waals surface area contributed by atoms with Crippen molar-refractivity contribution in [1.29, 1.82) is 0 Å². The first-order chi connectivity index (χ1) is 8.37. The third-order valence-electron chi connectivity index (χ3n) is 3.03. The summed E-state index contributed by atoms with van der Waals surface area (Å²) >= 11 is 0. The number of halogens is 8. The van der Waals surface area contributed by atoms with Crippen molar-refractivity contribution < 1.29 is 35.1 Å². The standard InChI is InChI=1S/C11H6F8/c1-5-2-3-6-7(4-5)9(14,15)11(18,19)10(16,17)8(6,12)13/h2-4H,1H3. The molecular weight excluding hydrogens is 284 g/mol. The fraction of sp³-hybridized carbons (Fsp3) is 0.455. The van der Waals surface area contributed by atoms with Crippen LogP contribution in [-0.2, 0) is 11.8 Å². The van der Waals surface area contributed by atoms with Gasteiger partial charge in [-0.1, -0.05) is 17.7 Å². The van der Waals surface area contributed by atoms with Crippen molar-refractivity contribution in [1.82, 2.24) is 0 Å². The van der Waals surface area contributed by atoms with Gasteiger partial charge in [-0.2, -0.15) is 35.1 Å². The van der Waals surface area contributed by atoms with Crippen LogP contribution in [0.3, 0.4) is 0 Å². The van der Waals surface area contributed by atoms with E-state index < -0.39 is 34.8 Å². The summed E-state index contributed by atoms with van der Waals surface area (Å²) < 4.78 is 106. The van der Waals surface area contributed by atoms with Gasteiger partial charge in [0.05, 0.1) is 0 Å². The molecule has 19 heavy (non-hydrogen) atoms. The maximum atomic E-state index is 13.4. The molecule has 1 aromatic carbocycles. The highest BCUT2D eigenvalue weighted by Gasteiger charge is 2.85. The molecule has 0 nitrogen and oxygen atoms in total. The second-order valence-electron chi connectivity index (χ2n) is 4.35. The minimum Gasteiger partial charge on any atom is -0.194 e. The maximum absolute atomic E-state index is 13.4. The van der Waals surface area contributed by atoms with Gasteiger partial charge in [0.15, 0.2) is 0 Å². The van der Waals surface area contributed by atoms with Gasteiger partial charge >= 0.3 is 23.7 Å². The van der Waals surface area contributed by atoms with E-state index in [1.165, 1.54) is 6.92 Å². The highest BCUT2D eigenvalue weighted by molar-refractivity contribution is 5.44. The molecule has 0 heterocycles. The van der Waals surface area contributed by atoms with Gasteiger partial charge in [-0.25, -0.2) is 0 Å². The molecule has 0 unspecified atom stereocenters. The molecule has 0 aromatic heterocycles. The van der Waals surface area contributed by atoms with Crippen LogP contribution in [0, 0.1) is 6.92 Å². The van der Waals surface area contributed by atoms with E-state index in [1.54, 1.807) is 0 Å². The fourth-order valence-corrected chi connectivity index (χ4v) is 1.92. The average molecular weight is 290 g/mol. The Labute approximate surface area is 102 Å². The maximum Gasteiger partial charge on any atom is 0.382 e. The predicted molar refractivity (Wildman–Crippen MR) is 48.9 cm³/mol. The predicted octanol–water partition coefficient (Wildman–Crippen LogP) is 4.46. The van der Waals surface area contributed by atoms with E-state index in [-0.39, 0.29) is 5.56 Å². The second kappa shape index (κ2) is 3.40. The van der Waals surface area contributed by atoms with Gasteiger partial charge in [-0.3, -0.25) is 0 Å². The number of benzene rings is 1. The molecule has 0 amide bonds. The molecule has 0 atom stereocenters. The Balaban J connectivity index is 2.88. The van der Waals surface area contributed by atoms with Crippen LogP contribution in [0.2, 0.25) is 0 Å². The van der Waals surface area contributed by atoms with Gasteiger partial charge in [0.1, 0.15) is 0 Å². The van der Waals surface area contributed by atoms with Crippen LogP contribution >= 0.6 is 0 Å². The summed E-state index contributed by atoms with van der Waals surface area (Å²) in [5.74, 6) is -23.1. The summed E-state index contributed by atoms with van der Waals surface area (Å²) in [6, 6.07) is 1.57. The van der Waals surface area contributed by atoms with Crippen LogP contribution in [-0.4, -0.2) is 11.8 Å². The van der Waals surface area contributed by atoms with Crippen LogP contribution in [0.25, 0.3) is 0 Å². The molecule has 8 heteroatoms. The van der Waals surface area contributed by atoms with Crippen molar-refractivity contribution in [2.45, 2.75) is 30.6 Å². The highest BCUT2D eigenvalue weighted by Crippen LogP contribution is 2.64. The second-order valence-corrected chi connectivity index (χ2v) is 4.35. The van der Waals surface area contributed by atoms with Crippen molar-refractivity contribution in [3.8, 4) is 0 Å². The largest absolute Gasteiger partial charge is 0.382 e. The summed E-state index contributed by atoms with van der Waals surface area (Å²) in [7, 11) is 0. The molecule has 0 spiro atoms. The van der Waals surface area contributed by atoms with Gasteiger partial charge < -0.3 is 0 Å². The van der Waals surface area contributed by atoms with E-state index in [0.717, 1.165) is 6.07 Å². The molecule has 0 aliphatic heterocycles. The minimum absolute atomic E-state index is 0.0183. The third kappa shape index (κ3) is 1.40. The van der Waals surface area contributed by atoms with Crippen molar-refractivity contribution in [3.63, 3.8) is 0 Å². The molecule has 2 rings (SSSR count). The lowest BCUT2D eigenvalue weighted by molar-refractivity contribution is -0.386. The van der Waals surface area contributed by atoms with E-state index in [0.29, 0.717) is 12.1 Å². The molecule has 1 aliphatic rings. The zero-order valence-electron chi connectivity index (χ0n) is 9.26.